The van der Waals surface area contributed by atoms with Crippen molar-refractivity contribution < 1.29 is 9.53 Å². The molecule has 150 valence electrons. The smallest absolute Gasteiger partial charge is 0.328 e. The molecule has 0 saturated carbocycles. The number of aryl methyl sites for hydroxylation is 1. The number of hydrogen-bond donors (Lipinski definition) is 1. The van der Waals surface area contributed by atoms with Crippen LogP contribution >= 0.6 is 0 Å². The van der Waals surface area contributed by atoms with Gasteiger partial charge in [0.05, 0.1) is 6.54 Å². The maximum absolute atomic E-state index is 12.6. The van der Waals surface area contributed by atoms with Gasteiger partial charge in [0.1, 0.15) is 6.10 Å². The number of nitrogens with zero attached hydrogens (tertiary/aromatic N) is 5. The Kier molecular flexibility index (Phi) is 6.07. The molecule has 0 aromatic carbocycles. The van der Waals surface area contributed by atoms with Crippen LogP contribution in [-0.4, -0.2) is 63.6 Å². The molecular formula is C18H24N6O4. The zero-order chi connectivity index (χ0) is 20.1. The van der Waals surface area contributed by atoms with E-state index in [-0.39, 0.29) is 25.0 Å². The first-order valence-electron chi connectivity index (χ1n) is 9.16. The number of aromatic amines is 1. The Balaban J connectivity index is 1.59. The van der Waals surface area contributed by atoms with Crippen LogP contribution in [0.4, 0.5) is 5.82 Å². The van der Waals surface area contributed by atoms with E-state index in [1.807, 2.05) is 19.0 Å². The van der Waals surface area contributed by atoms with Crippen molar-refractivity contribution in [3.63, 3.8) is 0 Å². The fraction of sp³-hybridized carbons (Fsp3) is 0.500. The van der Waals surface area contributed by atoms with Crippen molar-refractivity contribution in [2.24, 2.45) is 0 Å². The van der Waals surface area contributed by atoms with Gasteiger partial charge in [0.25, 0.3) is 11.4 Å². The van der Waals surface area contributed by atoms with Crippen molar-refractivity contribution in [2.75, 3.05) is 32.1 Å². The average Bonchev–Trinajstić information content (AvgIpc) is 2.67. The number of carbonyl (C=O) groups is 1. The van der Waals surface area contributed by atoms with Gasteiger partial charge in [-0.15, -0.1) is 0 Å². The van der Waals surface area contributed by atoms with E-state index in [2.05, 4.69) is 15.0 Å². The highest BCUT2D eigenvalue weighted by molar-refractivity contribution is 5.76. The molecule has 3 heterocycles. The van der Waals surface area contributed by atoms with Gasteiger partial charge in [0.2, 0.25) is 5.91 Å². The van der Waals surface area contributed by atoms with Crippen molar-refractivity contribution >= 4 is 11.7 Å². The Morgan fingerprint density at radius 1 is 1.32 bits per heavy atom. The molecule has 1 fully saturated rings. The highest BCUT2D eigenvalue weighted by Gasteiger charge is 2.26. The van der Waals surface area contributed by atoms with Gasteiger partial charge in [-0.25, -0.2) is 14.8 Å². The number of anilines is 1. The van der Waals surface area contributed by atoms with E-state index in [1.54, 1.807) is 17.3 Å². The lowest BCUT2D eigenvalue weighted by Crippen LogP contribution is -2.45. The molecule has 1 N–H and O–H groups in total. The summed E-state index contributed by atoms with van der Waals surface area (Å²) < 4.78 is 7.34. The Morgan fingerprint density at radius 2 is 2.11 bits per heavy atom. The summed E-state index contributed by atoms with van der Waals surface area (Å²) in [5.74, 6) is 1.04. The molecule has 1 saturated heterocycles. The van der Waals surface area contributed by atoms with E-state index in [9.17, 15) is 14.4 Å². The minimum Gasteiger partial charge on any atom is -0.470 e. The molecule has 1 aliphatic rings. The minimum atomic E-state index is -0.515. The molecule has 1 unspecified atom stereocenters. The van der Waals surface area contributed by atoms with Crippen LogP contribution in [0, 0.1) is 0 Å². The number of likely N-dealkylation sites (tertiary alicyclic amines) is 1. The van der Waals surface area contributed by atoms with Crippen LogP contribution < -0.4 is 20.9 Å². The third kappa shape index (κ3) is 4.76. The topological polar surface area (TPSA) is 113 Å². The van der Waals surface area contributed by atoms with Crippen molar-refractivity contribution in [3.05, 3.63) is 45.5 Å². The fourth-order valence-electron chi connectivity index (χ4n) is 3.12. The molecule has 28 heavy (non-hydrogen) atoms. The van der Waals surface area contributed by atoms with Crippen LogP contribution in [0.3, 0.4) is 0 Å². The van der Waals surface area contributed by atoms with Gasteiger partial charge in [-0.3, -0.25) is 14.6 Å². The number of piperidine rings is 1. The van der Waals surface area contributed by atoms with Gasteiger partial charge in [-0.2, -0.15) is 0 Å². The molecule has 0 radical (unpaired) electrons. The zero-order valence-electron chi connectivity index (χ0n) is 16.0. The van der Waals surface area contributed by atoms with Crippen LogP contribution in [0.15, 0.2) is 34.2 Å². The molecule has 2 aromatic rings. The lowest BCUT2D eigenvalue weighted by molar-refractivity contribution is -0.134. The SMILES string of the molecule is CN(C)c1nccnc1OC1CCCN(C(=O)CCn2ccc(=O)[nH]c2=O)C1. The Bertz CT molecular complexity index is 938. The highest BCUT2D eigenvalue weighted by atomic mass is 16.5. The van der Waals surface area contributed by atoms with E-state index in [0.29, 0.717) is 24.8 Å². The summed E-state index contributed by atoms with van der Waals surface area (Å²) in [6.07, 6.45) is 6.25. The van der Waals surface area contributed by atoms with Gasteiger partial charge in [-0.1, -0.05) is 0 Å². The number of amides is 1. The number of ether oxygens (including phenoxy) is 1. The van der Waals surface area contributed by atoms with E-state index in [0.717, 1.165) is 12.8 Å². The number of aromatic nitrogens is 4. The summed E-state index contributed by atoms with van der Waals surface area (Å²) in [5.41, 5.74) is -0.969. The normalized spacial score (nSPS) is 16.6. The molecule has 2 aromatic heterocycles. The lowest BCUT2D eigenvalue weighted by atomic mass is 10.1. The van der Waals surface area contributed by atoms with E-state index in [1.165, 1.54) is 16.8 Å². The molecule has 0 aliphatic carbocycles. The monoisotopic (exact) mass is 388 g/mol. The predicted octanol–water partition coefficient (Wildman–Crippen LogP) is -0.147. The van der Waals surface area contributed by atoms with Crippen molar-refractivity contribution in [2.45, 2.75) is 31.9 Å². The molecular weight excluding hydrogens is 364 g/mol. The quantitative estimate of drug-likeness (QED) is 0.732. The second-order valence-corrected chi connectivity index (χ2v) is 6.85. The van der Waals surface area contributed by atoms with E-state index >= 15 is 0 Å². The molecule has 1 amide bonds. The Labute approximate surface area is 161 Å². The molecule has 0 spiro atoms. The van der Waals surface area contributed by atoms with Gasteiger partial charge >= 0.3 is 5.69 Å². The summed E-state index contributed by atoms with van der Waals surface area (Å²) in [6, 6.07) is 1.26. The summed E-state index contributed by atoms with van der Waals surface area (Å²) in [7, 11) is 3.73. The first-order chi connectivity index (χ1) is 13.4. The van der Waals surface area contributed by atoms with Crippen LogP contribution in [0.2, 0.25) is 0 Å². The van der Waals surface area contributed by atoms with Gasteiger partial charge in [0, 0.05) is 58.3 Å². The number of carbonyl (C=O) groups excluding carboxylic acids is 1. The number of nitrogens with one attached hydrogen (secondary N) is 1. The van der Waals surface area contributed by atoms with Crippen LogP contribution in [-0.2, 0) is 11.3 Å². The average molecular weight is 388 g/mol. The fourth-order valence-corrected chi connectivity index (χ4v) is 3.12. The lowest BCUT2D eigenvalue weighted by Gasteiger charge is -2.33. The second-order valence-electron chi connectivity index (χ2n) is 6.85. The van der Waals surface area contributed by atoms with E-state index < -0.39 is 11.2 Å². The van der Waals surface area contributed by atoms with Gasteiger partial charge in [-0.05, 0) is 12.8 Å². The molecule has 10 heteroatoms. The maximum atomic E-state index is 12.6. The molecule has 0 bridgehead atoms. The Morgan fingerprint density at radius 3 is 2.86 bits per heavy atom. The molecule has 3 rings (SSSR count). The van der Waals surface area contributed by atoms with Gasteiger partial charge in [0.15, 0.2) is 5.82 Å². The number of rotatable bonds is 6. The molecule has 1 atom stereocenters. The first kappa shape index (κ1) is 19.6. The number of hydrogen-bond acceptors (Lipinski definition) is 7. The van der Waals surface area contributed by atoms with Crippen LogP contribution in [0.5, 0.6) is 5.88 Å². The number of H-pyrrole nitrogens is 1. The first-order valence-corrected chi connectivity index (χ1v) is 9.16. The standard InChI is InChI=1S/C18H24N6O4/c1-22(2)16-17(20-8-7-19-16)28-13-4-3-9-24(12-13)15(26)6-11-23-10-5-14(25)21-18(23)27/h5,7-8,10,13H,3-4,6,9,11-12H2,1-2H3,(H,21,25,27). The highest BCUT2D eigenvalue weighted by Crippen LogP contribution is 2.24. The van der Waals surface area contributed by atoms with Crippen LogP contribution in [0.25, 0.3) is 0 Å². The second kappa shape index (κ2) is 8.68. The minimum absolute atomic E-state index is 0.0571. The van der Waals surface area contributed by atoms with Crippen LogP contribution in [0.1, 0.15) is 19.3 Å². The largest absolute Gasteiger partial charge is 0.470 e. The Hall–Kier alpha value is -3.17. The predicted molar refractivity (Wildman–Crippen MR) is 103 cm³/mol. The zero-order valence-corrected chi connectivity index (χ0v) is 16.0. The molecule has 10 nitrogen and oxygen atoms in total. The van der Waals surface area contributed by atoms with Gasteiger partial charge < -0.3 is 19.1 Å². The molecule has 1 aliphatic heterocycles. The van der Waals surface area contributed by atoms with Crippen molar-refractivity contribution in [1.29, 1.82) is 0 Å². The van der Waals surface area contributed by atoms with E-state index in [4.69, 9.17) is 4.74 Å². The summed E-state index contributed by atoms with van der Waals surface area (Å²) in [6.45, 7) is 1.33. The van der Waals surface area contributed by atoms with Crippen molar-refractivity contribution in [3.8, 4) is 5.88 Å². The summed E-state index contributed by atoms with van der Waals surface area (Å²) >= 11 is 0. The van der Waals surface area contributed by atoms with Crippen molar-refractivity contribution in [1.82, 2.24) is 24.4 Å². The third-order valence-corrected chi connectivity index (χ3v) is 4.54. The summed E-state index contributed by atoms with van der Waals surface area (Å²) in [5, 5.41) is 0. The third-order valence-electron chi connectivity index (χ3n) is 4.54. The summed E-state index contributed by atoms with van der Waals surface area (Å²) in [4.78, 5) is 49.7. The maximum Gasteiger partial charge on any atom is 0.328 e.